The number of amides is 1. The van der Waals surface area contributed by atoms with Gasteiger partial charge in [-0.15, -0.1) is 12.4 Å². The molecule has 1 atom stereocenters. The molecule has 1 amide bonds. The van der Waals surface area contributed by atoms with Crippen LogP contribution in [0.3, 0.4) is 0 Å². The van der Waals surface area contributed by atoms with E-state index in [1.165, 1.54) is 25.7 Å². The second kappa shape index (κ2) is 7.34. The van der Waals surface area contributed by atoms with E-state index in [4.69, 9.17) is 0 Å². The van der Waals surface area contributed by atoms with Crippen LogP contribution in [0.5, 0.6) is 0 Å². The monoisotopic (exact) mass is 274 g/mol. The minimum atomic E-state index is -0.0247. The lowest BCUT2D eigenvalue weighted by molar-refractivity contribution is -0.131. The summed E-state index contributed by atoms with van der Waals surface area (Å²) < 4.78 is 0. The van der Waals surface area contributed by atoms with Crippen LogP contribution in [-0.2, 0) is 4.79 Å². The first kappa shape index (κ1) is 15.8. The molecule has 0 bridgehead atoms. The molecule has 0 aromatic rings. The molecule has 0 aromatic carbocycles. The lowest BCUT2D eigenvalue weighted by Crippen LogP contribution is -2.40. The van der Waals surface area contributed by atoms with E-state index in [-0.39, 0.29) is 17.8 Å². The topological polar surface area (TPSA) is 41.1 Å². The fraction of sp³-hybridized carbons (Fsp3) is 0.929. The quantitative estimate of drug-likeness (QED) is 0.809. The van der Waals surface area contributed by atoms with Crippen molar-refractivity contribution >= 4 is 18.3 Å². The van der Waals surface area contributed by atoms with Crippen molar-refractivity contribution in [1.82, 2.24) is 10.6 Å². The molecule has 0 unspecified atom stereocenters. The highest BCUT2D eigenvalue weighted by Crippen LogP contribution is 2.41. The van der Waals surface area contributed by atoms with Crippen molar-refractivity contribution in [1.29, 1.82) is 0 Å². The molecule has 1 aliphatic heterocycles. The van der Waals surface area contributed by atoms with Crippen LogP contribution >= 0.6 is 12.4 Å². The van der Waals surface area contributed by atoms with Gasteiger partial charge in [0, 0.05) is 18.0 Å². The van der Waals surface area contributed by atoms with Gasteiger partial charge in [-0.05, 0) is 45.1 Å². The van der Waals surface area contributed by atoms with E-state index < -0.39 is 0 Å². The summed E-state index contributed by atoms with van der Waals surface area (Å²) in [5.74, 6) is 0.315. The highest BCUT2D eigenvalue weighted by atomic mass is 35.5. The van der Waals surface area contributed by atoms with Crippen LogP contribution in [0.1, 0.15) is 58.3 Å². The maximum atomic E-state index is 12.2. The lowest BCUT2D eigenvalue weighted by atomic mass is 9.82. The van der Waals surface area contributed by atoms with Crippen molar-refractivity contribution in [2.45, 2.75) is 64.3 Å². The standard InChI is InChI=1S/C14H26N2O.ClH/c1-2-14(8-3-4-9-14)13(17)16-11-7-12-6-5-10-15-12;/h12,15H,2-11H2,1H3,(H,16,17);1H/t12-;/m1./s1. The van der Waals surface area contributed by atoms with Crippen molar-refractivity contribution in [2.24, 2.45) is 5.41 Å². The summed E-state index contributed by atoms with van der Waals surface area (Å²) in [7, 11) is 0. The Balaban J connectivity index is 0.00000162. The predicted octanol–water partition coefficient (Wildman–Crippen LogP) is 2.64. The Morgan fingerprint density at radius 3 is 2.61 bits per heavy atom. The molecule has 1 aliphatic carbocycles. The molecular formula is C14H27ClN2O. The molecule has 2 N–H and O–H groups in total. The predicted molar refractivity (Wildman–Crippen MR) is 77.1 cm³/mol. The number of hydrogen-bond donors (Lipinski definition) is 2. The van der Waals surface area contributed by atoms with Gasteiger partial charge in [-0.3, -0.25) is 4.79 Å². The molecular weight excluding hydrogens is 248 g/mol. The van der Waals surface area contributed by atoms with Gasteiger partial charge in [-0.2, -0.15) is 0 Å². The minimum absolute atomic E-state index is 0. The van der Waals surface area contributed by atoms with Gasteiger partial charge in [0.05, 0.1) is 0 Å². The molecule has 0 aromatic heterocycles. The van der Waals surface area contributed by atoms with Crippen molar-refractivity contribution in [3.8, 4) is 0 Å². The minimum Gasteiger partial charge on any atom is -0.356 e. The zero-order valence-corrected chi connectivity index (χ0v) is 12.3. The summed E-state index contributed by atoms with van der Waals surface area (Å²) in [4.78, 5) is 12.2. The third-order valence-corrected chi connectivity index (χ3v) is 4.66. The van der Waals surface area contributed by atoms with Crippen LogP contribution in [0.15, 0.2) is 0 Å². The zero-order valence-electron chi connectivity index (χ0n) is 11.5. The molecule has 3 nitrogen and oxygen atoms in total. The van der Waals surface area contributed by atoms with Gasteiger partial charge < -0.3 is 10.6 Å². The van der Waals surface area contributed by atoms with Gasteiger partial charge in [0.1, 0.15) is 0 Å². The maximum absolute atomic E-state index is 12.2. The molecule has 1 heterocycles. The first-order valence-electron chi connectivity index (χ1n) is 7.28. The van der Waals surface area contributed by atoms with E-state index in [2.05, 4.69) is 17.6 Å². The van der Waals surface area contributed by atoms with E-state index >= 15 is 0 Å². The van der Waals surface area contributed by atoms with E-state index in [1.807, 2.05) is 0 Å². The highest BCUT2D eigenvalue weighted by Gasteiger charge is 2.38. The van der Waals surface area contributed by atoms with E-state index in [9.17, 15) is 4.79 Å². The van der Waals surface area contributed by atoms with Crippen LogP contribution in [0, 0.1) is 5.41 Å². The Labute approximate surface area is 117 Å². The Kier molecular flexibility index (Phi) is 6.44. The lowest BCUT2D eigenvalue weighted by Gasteiger charge is -2.26. The smallest absolute Gasteiger partial charge is 0.226 e. The van der Waals surface area contributed by atoms with Gasteiger partial charge in [-0.25, -0.2) is 0 Å². The average Bonchev–Trinajstić information content (AvgIpc) is 3.00. The molecule has 4 heteroatoms. The van der Waals surface area contributed by atoms with Crippen LogP contribution in [0.4, 0.5) is 0 Å². The summed E-state index contributed by atoms with van der Waals surface area (Å²) in [5, 5.41) is 6.64. The Morgan fingerprint density at radius 1 is 1.33 bits per heavy atom. The van der Waals surface area contributed by atoms with E-state index in [0.29, 0.717) is 11.9 Å². The largest absolute Gasteiger partial charge is 0.356 e. The first-order chi connectivity index (χ1) is 8.27. The average molecular weight is 275 g/mol. The molecule has 0 radical (unpaired) electrons. The maximum Gasteiger partial charge on any atom is 0.226 e. The number of rotatable bonds is 5. The summed E-state index contributed by atoms with van der Waals surface area (Å²) >= 11 is 0. The molecule has 2 rings (SSSR count). The van der Waals surface area contributed by atoms with Gasteiger partial charge in [0.15, 0.2) is 0 Å². The van der Waals surface area contributed by atoms with Gasteiger partial charge in [-0.1, -0.05) is 19.8 Å². The Morgan fingerprint density at radius 2 is 2.06 bits per heavy atom. The fourth-order valence-corrected chi connectivity index (χ4v) is 3.34. The van der Waals surface area contributed by atoms with Crippen LogP contribution < -0.4 is 10.6 Å². The molecule has 0 spiro atoms. The number of hydrogen-bond acceptors (Lipinski definition) is 2. The second-order valence-electron chi connectivity index (χ2n) is 5.68. The number of nitrogens with one attached hydrogen (secondary N) is 2. The molecule has 1 saturated heterocycles. The van der Waals surface area contributed by atoms with Crippen LogP contribution in [-0.4, -0.2) is 25.0 Å². The van der Waals surface area contributed by atoms with E-state index in [1.54, 1.807) is 0 Å². The van der Waals surface area contributed by atoms with Crippen LogP contribution in [0.2, 0.25) is 0 Å². The Hall–Kier alpha value is -0.280. The van der Waals surface area contributed by atoms with E-state index in [0.717, 1.165) is 38.8 Å². The molecule has 106 valence electrons. The van der Waals surface area contributed by atoms with Crippen molar-refractivity contribution in [3.63, 3.8) is 0 Å². The molecule has 2 fully saturated rings. The summed E-state index contributed by atoms with van der Waals surface area (Å²) in [6.45, 7) is 4.15. The van der Waals surface area contributed by atoms with Crippen LogP contribution in [0.25, 0.3) is 0 Å². The number of halogens is 1. The highest BCUT2D eigenvalue weighted by molar-refractivity contribution is 5.85. The van der Waals surface area contributed by atoms with Gasteiger partial charge in [0.25, 0.3) is 0 Å². The summed E-state index contributed by atoms with van der Waals surface area (Å²) in [6.07, 6.45) is 9.29. The van der Waals surface area contributed by atoms with Crippen molar-refractivity contribution < 1.29 is 4.79 Å². The first-order valence-corrected chi connectivity index (χ1v) is 7.28. The van der Waals surface area contributed by atoms with Gasteiger partial charge >= 0.3 is 0 Å². The molecule has 18 heavy (non-hydrogen) atoms. The molecule has 1 saturated carbocycles. The SMILES string of the molecule is CCC1(C(=O)NCC[C@H]2CCCN2)CCCC1.Cl. The normalized spacial score (nSPS) is 25.7. The molecule has 2 aliphatic rings. The second-order valence-corrected chi connectivity index (χ2v) is 5.68. The third-order valence-electron chi connectivity index (χ3n) is 4.66. The summed E-state index contributed by atoms with van der Waals surface area (Å²) in [5.41, 5.74) is -0.0247. The number of carbonyl (C=O) groups excluding carboxylic acids is 1. The zero-order chi connectivity index (χ0) is 12.1. The number of carbonyl (C=O) groups is 1. The van der Waals surface area contributed by atoms with Gasteiger partial charge in [0.2, 0.25) is 5.91 Å². The van der Waals surface area contributed by atoms with Crippen molar-refractivity contribution in [3.05, 3.63) is 0 Å². The summed E-state index contributed by atoms with van der Waals surface area (Å²) in [6, 6.07) is 0.636. The fourth-order valence-electron chi connectivity index (χ4n) is 3.34. The third kappa shape index (κ3) is 3.61. The van der Waals surface area contributed by atoms with Crippen molar-refractivity contribution in [2.75, 3.05) is 13.1 Å². The Bertz CT molecular complexity index is 259.